The predicted octanol–water partition coefficient (Wildman–Crippen LogP) is 1.69. The second-order valence-electron chi connectivity index (χ2n) is 5.79. The second-order valence-corrected chi connectivity index (χ2v) is 7.53. The van der Waals surface area contributed by atoms with E-state index >= 15 is 0 Å². The molecule has 0 radical (unpaired) electrons. The van der Waals surface area contributed by atoms with Gasteiger partial charge in [-0.05, 0) is 42.8 Å². The first-order valence-electron chi connectivity index (χ1n) is 7.94. The van der Waals surface area contributed by atoms with Crippen LogP contribution in [0.2, 0.25) is 0 Å². The smallest absolute Gasteiger partial charge is 0.240 e. The van der Waals surface area contributed by atoms with Crippen LogP contribution in [0.15, 0.2) is 41.4 Å². The summed E-state index contributed by atoms with van der Waals surface area (Å²) in [6.07, 6.45) is 1.18. The molecule has 1 aromatic heterocycles. The Kier molecular flexibility index (Phi) is 5.99. The van der Waals surface area contributed by atoms with Crippen LogP contribution in [0.25, 0.3) is 0 Å². The number of aryl methyl sites for hydroxylation is 2. The quantitative estimate of drug-likeness (QED) is 0.695. The van der Waals surface area contributed by atoms with Gasteiger partial charge in [-0.25, -0.2) is 13.1 Å². The molecule has 1 aromatic carbocycles. The monoisotopic (exact) mass is 365 g/mol. The zero-order chi connectivity index (χ0) is 18.6. The van der Waals surface area contributed by atoms with E-state index in [9.17, 15) is 18.3 Å². The molecule has 0 spiro atoms. The van der Waals surface area contributed by atoms with E-state index < -0.39 is 16.1 Å². The van der Waals surface area contributed by atoms with Crippen molar-refractivity contribution in [3.63, 3.8) is 0 Å². The van der Waals surface area contributed by atoms with Gasteiger partial charge in [0, 0.05) is 37.6 Å². The van der Waals surface area contributed by atoms with Gasteiger partial charge in [0.1, 0.15) is 6.10 Å². The highest BCUT2D eigenvalue weighted by Crippen LogP contribution is 2.20. The molecule has 2 aromatic rings. The van der Waals surface area contributed by atoms with Gasteiger partial charge < -0.3 is 15.0 Å². The summed E-state index contributed by atoms with van der Waals surface area (Å²) >= 11 is 0. The Bertz CT molecular complexity index is 859. The predicted molar refractivity (Wildman–Crippen MR) is 95.7 cm³/mol. The Balaban J connectivity index is 2.11. The summed E-state index contributed by atoms with van der Waals surface area (Å²) in [5.74, 6) is -0.140. The van der Waals surface area contributed by atoms with E-state index in [-0.39, 0.29) is 17.3 Å². The molecular weight excluding hydrogens is 342 g/mol. The number of carbonyl (C=O) groups is 1. The summed E-state index contributed by atoms with van der Waals surface area (Å²) in [6.45, 7) is 3.26. The van der Waals surface area contributed by atoms with Crippen LogP contribution in [0.1, 0.15) is 30.7 Å². The number of carbonyl (C=O) groups excluding carboxylic acids is 1. The summed E-state index contributed by atoms with van der Waals surface area (Å²) in [5.41, 5.74) is 1.68. The van der Waals surface area contributed by atoms with Crippen LogP contribution >= 0.6 is 0 Å². The van der Waals surface area contributed by atoms with Gasteiger partial charge >= 0.3 is 0 Å². The Morgan fingerprint density at radius 2 is 2.04 bits per heavy atom. The Morgan fingerprint density at radius 3 is 2.60 bits per heavy atom. The summed E-state index contributed by atoms with van der Waals surface area (Å²) in [6, 6.07) is 8.10. The third kappa shape index (κ3) is 4.68. The molecule has 1 amide bonds. The fourth-order valence-corrected chi connectivity index (χ4v) is 3.73. The first-order valence-corrected chi connectivity index (χ1v) is 9.42. The van der Waals surface area contributed by atoms with Crippen molar-refractivity contribution in [3.8, 4) is 0 Å². The van der Waals surface area contributed by atoms with Crippen molar-refractivity contribution in [2.24, 2.45) is 7.05 Å². The number of sulfonamides is 1. The molecule has 0 saturated carbocycles. The maximum Gasteiger partial charge on any atom is 0.240 e. The molecule has 0 aliphatic rings. The number of aliphatic hydroxyl groups excluding tert-OH is 1. The van der Waals surface area contributed by atoms with Crippen LogP contribution in [0.5, 0.6) is 0 Å². The number of aromatic nitrogens is 1. The molecule has 0 saturated heterocycles. The normalized spacial score (nSPS) is 12.8. The van der Waals surface area contributed by atoms with Crippen LogP contribution < -0.4 is 10.0 Å². The van der Waals surface area contributed by atoms with Gasteiger partial charge in [-0.3, -0.25) is 4.79 Å². The van der Waals surface area contributed by atoms with Crippen LogP contribution in [-0.2, 0) is 21.9 Å². The molecule has 1 heterocycles. The van der Waals surface area contributed by atoms with Crippen molar-refractivity contribution in [2.45, 2.75) is 31.3 Å². The zero-order valence-corrected chi connectivity index (χ0v) is 15.3. The molecule has 1 atom stereocenters. The molecular formula is C17H23N3O4S. The number of hydrogen-bond acceptors (Lipinski definition) is 4. The lowest BCUT2D eigenvalue weighted by molar-refractivity contribution is -0.115. The van der Waals surface area contributed by atoms with Crippen LogP contribution in [0.4, 0.5) is 5.69 Å². The van der Waals surface area contributed by atoms with Crippen molar-refractivity contribution in [3.05, 3.63) is 47.8 Å². The maximum atomic E-state index is 12.5. The second kappa shape index (κ2) is 7.81. The topological polar surface area (TPSA) is 100 Å². The highest BCUT2D eigenvalue weighted by molar-refractivity contribution is 7.89. The number of amides is 1. The van der Waals surface area contributed by atoms with Gasteiger partial charge in [0.05, 0.1) is 4.90 Å². The summed E-state index contributed by atoms with van der Waals surface area (Å²) in [7, 11) is -1.99. The molecule has 0 fully saturated rings. The summed E-state index contributed by atoms with van der Waals surface area (Å²) in [4.78, 5) is 11.5. The van der Waals surface area contributed by atoms with Crippen LogP contribution in [0, 0.1) is 6.92 Å². The third-order valence-electron chi connectivity index (χ3n) is 3.86. The van der Waals surface area contributed by atoms with Gasteiger partial charge in [0.25, 0.3) is 0 Å². The zero-order valence-electron chi connectivity index (χ0n) is 14.5. The van der Waals surface area contributed by atoms with Crippen molar-refractivity contribution in [2.75, 3.05) is 11.9 Å². The van der Waals surface area contributed by atoms with Gasteiger partial charge in [-0.15, -0.1) is 0 Å². The maximum absolute atomic E-state index is 12.5. The molecule has 0 bridgehead atoms. The van der Waals surface area contributed by atoms with Crippen molar-refractivity contribution in [1.29, 1.82) is 0 Å². The SMILES string of the molecule is CCC(=O)Nc1ccc(S(=O)(=O)NCC(O)c2cccn2C)c(C)c1. The first kappa shape index (κ1) is 19.2. The lowest BCUT2D eigenvalue weighted by atomic mass is 10.2. The Hall–Kier alpha value is -2.16. The number of aliphatic hydroxyl groups is 1. The summed E-state index contributed by atoms with van der Waals surface area (Å²) < 4.78 is 29.1. The lowest BCUT2D eigenvalue weighted by Crippen LogP contribution is -2.29. The van der Waals surface area contributed by atoms with E-state index in [2.05, 4.69) is 10.0 Å². The number of hydrogen-bond donors (Lipinski definition) is 3. The molecule has 3 N–H and O–H groups in total. The highest BCUT2D eigenvalue weighted by Gasteiger charge is 2.20. The van der Waals surface area contributed by atoms with E-state index in [1.165, 1.54) is 6.07 Å². The van der Waals surface area contributed by atoms with Gasteiger partial charge in [0.15, 0.2) is 0 Å². The third-order valence-corrected chi connectivity index (χ3v) is 5.45. The van der Waals surface area contributed by atoms with Crippen molar-refractivity contribution >= 4 is 21.6 Å². The fourth-order valence-electron chi connectivity index (χ4n) is 2.47. The minimum absolute atomic E-state index is 0.112. The van der Waals surface area contributed by atoms with E-state index in [0.717, 1.165) is 0 Å². The number of anilines is 1. The van der Waals surface area contributed by atoms with Crippen molar-refractivity contribution < 1.29 is 18.3 Å². The molecule has 0 aliphatic carbocycles. The average molecular weight is 365 g/mol. The first-order chi connectivity index (χ1) is 11.7. The standard InChI is InChI=1S/C17H23N3O4S/c1-4-17(22)19-13-7-8-16(12(2)10-13)25(23,24)18-11-15(21)14-6-5-9-20(14)3/h5-10,15,18,21H,4,11H2,1-3H3,(H,19,22). The van der Waals surface area contributed by atoms with Gasteiger partial charge in [-0.2, -0.15) is 0 Å². The molecule has 2 rings (SSSR count). The van der Waals surface area contributed by atoms with Crippen molar-refractivity contribution in [1.82, 2.24) is 9.29 Å². The minimum atomic E-state index is -3.77. The number of nitrogens with zero attached hydrogens (tertiary/aromatic N) is 1. The van der Waals surface area contributed by atoms with E-state index in [4.69, 9.17) is 0 Å². The van der Waals surface area contributed by atoms with Crippen LogP contribution in [0.3, 0.4) is 0 Å². The van der Waals surface area contributed by atoms with Gasteiger partial charge in [-0.1, -0.05) is 6.92 Å². The average Bonchev–Trinajstić information content (AvgIpc) is 2.98. The van der Waals surface area contributed by atoms with E-state index in [1.807, 2.05) is 0 Å². The molecule has 25 heavy (non-hydrogen) atoms. The van der Waals surface area contributed by atoms with Crippen LogP contribution in [-0.4, -0.2) is 30.5 Å². The van der Waals surface area contributed by atoms with Gasteiger partial charge in [0.2, 0.25) is 15.9 Å². The summed E-state index contributed by atoms with van der Waals surface area (Å²) in [5, 5.41) is 12.8. The Labute approximate surface area is 147 Å². The minimum Gasteiger partial charge on any atom is -0.386 e. The number of rotatable bonds is 7. The Morgan fingerprint density at radius 1 is 1.32 bits per heavy atom. The van der Waals surface area contributed by atoms with E-state index in [0.29, 0.717) is 23.4 Å². The molecule has 136 valence electrons. The number of benzene rings is 1. The largest absolute Gasteiger partial charge is 0.386 e. The lowest BCUT2D eigenvalue weighted by Gasteiger charge is -2.15. The van der Waals surface area contributed by atoms with E-state index in [1.54, 1.807) is 55.9 Å². The molecule has 1 unspecified atom stereocenters. The fraction of sp³-hybridized carbons (Fsp3) is 0.353. The molecule has 0 aliphatic heterocycles. The number of nitrogens with one attached hydrogen (secondary N) is 2. The highest BCUT2D eigenvalue weighted by atomic mass is 32.2. The molecule has 8 heteroatoms. The molecule has 7 nitrogen and oxygen atoms in total.